The Morgan fingerprint density at radius 2 is 0.848 bits per heavy atom. The molecule has 4 nitrogen and oxygen atoms in total. The number of anilines is 3. The lowest BCUT2D eigenvalue weighted by Gasteiger charge is -2.36. The van der Waals surface area contributed by atoms with E-state index in [1.54, 1.807) is 0 Å². The SMILES string of the molecule is C1=CC2=C(CC1)C(c1ccc(-c3ccc(N(c4ccccc4)c4ccc5ccccc5c4)cc3)cc1)(c1ccc(-c3nc(-c4ccccc4)nc(-c4ccccc4)n3)cc1)c1ccccc12. The molecule has 2 aliphatic rings. The first kappa shape index (κ1) is 39.1. The van der Waals surface area contributed by atoms with Crippen molar-refractivity contribution in [2.45, 2.75) is 18.3 Å². The molecule has 1 heterocycles. The Morgan fingerprint density at radius 1 is 0.379 bits per heavy atom. The fraction of sp³-hybridized carbons (Fsp3) is 0.0484. The van der Waals surface area contributed by atoms with Crippen LogP contribution in [0.2, 0.25) is 0 Å². The minimum atomic E-state index is -0.475. The Kier molecular flexibility index (Phi) is 9.84. The van der Waals surface area contributed by atoms with E-state index in [2.05, 4.69) is 211 Å². The van der Waals surface area contributed by atoms with Gasteiger partial charge in [-0.05, 0) is 105 Å². The van der Waals surface area contributed by atoms with E-state index in [4.69, 9.17) is 15.0 Å². The van der Waals surface area contributed by atoms with Gasteiger partial charge in [0.15, 0.2) is 17.5 Å². The molecule has 0 radical (unpaired) electrons. The predicted octanol–water partition coefficient (Wildman–Crippen LogP) is 15.6. The molecule has 66 heavy (non-hydrogen) atoms. The average Bonchev–Trinajstić information content (AvgIpc) is 3.71. The van der Waals surface area contributed by atoms with E-state index in [0.717, 1.165) is 46.6 Å². The third-order valence-electron chi connectivity index (χ3n) is 13.3. The summed E-state index contributed by atoms with van der Waals surface area (Å²) in [4.78, 5) is 17.4. The second-order valence-electron chi connectivity index (χ2n) is 17.1. The number of benzene rings is 9. The maximum absolute atomic E-state index is 5.06. The molecule has 0 saturated carbocycles. The Bertz CT molecular complexity index is 3380. The number of para-hydroxylation sites is 1. The first-order valence-electron chi connectivity index (χ1n) is 22.7. The molecule has 0 amide bonds. The zero-order valence-corrected chi connectivity index (χ0v) is 36.3. The zero-order valence-electron chi connectivity index (χ0n) is 36.3. The lowest BCUT2D eigenvalue weighted by molar-refractivity contribution is 0.696. The summed E-state index contributed by atoms with van der Waals surface area (Å²) in [6.07, 6.45) is 6.66. The molecular weight excluding hydrogens is 801 g/mol. The van der Waals surface area contributed by atoms with Crippen LogP contribution in [0.5, 0.6) is 0 Å². The Hall–Kier alpha value is -8.47. The van der Waals surface area contributed by atoms with Gasteiger partial charge in [-0.3, -0.25) is 0 Å². The Balaban J connectivity index is 0.932. The van der Waals surface area contributed by atoms with Gasteiger partial charge in [0.05, 0.1) is 5.41 Å². The van der Waals surface area contributed by atoms with Gasteiger partial charge < -0.3 is 4.90 Å². The molecule has 0 aliphatic heterocycles. The van der Waals surface area contributed by atoms with Crippen molar-refractivity contribution < 1.29 is 0 Å². The summed E-state index contributed by atoms with van der Waals surface area (Å²) in [7, 11) is 0. The highest BCUT2D eigenvalue weighted by atomic mass is 15.1. The fourth-order valence-electron chi connectivity index (χ4n) is 10.2. The van der Waals surface area contributed by atoms with Gasteiger partial charge in [0.2, 0.25) is 0 Å². The summed E-state index contributed by atoms with van der Waals surface area (Å²) in [6.45, 7) is 0. The number of aromatic nitrogens is 3. The molecule has 10 aromatic rings. The number of hydrogen-bond donors (Lipinski definition) is 0. The third-order valence-corrected chi connectivity index (χ3v) is 13.3. The van der Waals surface area contributed by atoms with Gasteiger partial charge in [0.25, 0.3) is 0 Å². The van der Waals surface area contributed by atoms with Crippen LogP contribution >= 0.6 is 0 Å². The highest BCUT2D eigenvalue weighted by Gasteiger charge is 2.47. The number of allylic oxidation sites excluding steroid dienone is 4. The predicted molar refractivity (Wildman–Crippen MR) is 272 cm³/mol. The highest BCUT2D eigenvalue weighted by molar-refractivity contribution is 5.92. The lowest BCUT2D eigenvalue weighted by atomic mass is 9.65. The summed E-state index contributed by atoms with van der Waals surface area (Å²) < 4.78 is 0. The van der Waals surface area contributed by atoms with E-state index in [1.165, 1.54) is 55.3 Å². The molecule has 1 unspecified atom stereocenters. The summed E-state index contributed by atoms with van der Waals surface area (Å²) in [5.74, 6) is 1.96. The van der Waals surface area contributed by atoms with Crippen LogP contribution in [0.1, 0.15) is 35.1 Å². The summed E-state index contributed by atoms with van der Waals surface area (Å²) in [6, 6.07) is 82.5. The van der Waals surface area contributed by atoms with E-state index in [9.17, 15) is 0 Å². The number of rotatable bonds is 9. The Labute approximate surface area is 385 Å². The topological polar surface area (TPSA) is 41.9 Å². The standard InChI is InChI=1S/C62H44N4/c1-4-17-46(18-5-1)59-63-60(47-19-6-2-7-20-47)65-61(64-59)48-30-37-51(38-31-48)62(57-26-14-12-24-55(57)56-25-13-15-27-58(56)62)50-35-28-44(29-36-50)45-32-39-53(40-33-45)66(52-22-8-3-9-23-52)54-41-34-43-16-10-11-21-49(43)42-54/h1-14,16-26,28-42H,15,27H2. The first-order valence-corrected chi connectivity index (χ1v) is 22.7. The van der Waals surface area contributed by atoms with Crippen molar-refractivity contribution in [3.63, 3.8) is 0 Å². The van der Waals surface area contributed by atoms with Gasteiger partial charge >= 0.3 is 0 Å². The van der Waals surface area contributed by atoms with E-state index < -0.39 is 5.41 Å². The van der Waals surface area contributed by atoms with Crippen molar-refractivity contribution >= 4 is 33.4 Å². The van der Waals surface area contributed by atoms with Gasteiger partial charge in [-0.1, -0.05) is 206 Å². The quantitative estimate of drug-likeness (QED) is 0.145. The summed E-state index contributed by atoms with van der Waals surface area (Å²) >= 11 is 0. The van der Waals surface area contributed by atoms with E-state index in [0.29, 0.717) is 17.5 Å². The minimum absolute atomic E-state index is 0.475. The van der Waals surface area contributed by atoms with Gasteiger partial charge in [0.1, 0.15) is 0 Å². The summed E-state index contributed by atoms with van der Waals surface area (Å²) in [5.41, 5.74) is 16.0. The molecule has 0 N–H and O–H groups in total. The Morgan fingerprint density at radius 3 is 1.47 bits per heavy atom. The molecule has 1 atom stereocenters. The normalized spacial score (nSPS) is 15.1. The van der Waals surface area contributed by atoms with Crippen molar-refractivity contribution in [3.8, 4) is 45.3 Å². The van der Waals surface area contributed by atoms with Crippen LogP contribution in [0.15, 0.2) is 248 Å². The summed E-state index contributed by atoms with van der Waals surface area (Å²) in [5, 5.41) is 2.45. The molecule has 0 fully saturated rings. The molecule has 9 aromatic carbocycles. The second kappa shape index (κ2) is 16.6. The zero-order chi connectivity index (χ0) is 43.9. The largest absolute Gasteiger partial charge is 0.310 e. The molecule has 1 aromatic heterocycles. The van der Waals surface area contributed by atoms with Crippen LogP contribution in [0, 0.1) is 0 Å². The van der Waals surface area contributed by atoms with Crippen molar-refractivity contribution in [1.29, 1.82) is 0 Å². The van der Waals surface area contributed by atoms with Gasteiger partial charge in [-0.25, -0.2) is 15.0 Å². The highest BCUT2D eigenvalue weighted by Crippen LogP contribution is 2.57. The molecule has 312 valence electrons. The molecule has 12 rings (SSSR count). The van der Waals surface area contributed by atoms with Crippen molar-refractivity contribution in [2.75, 3.05) is 4.90 Å². The van der Waals surface area contributed by atoms with Gasteiger partial charge in [-0.15, -0.1) is 0 Å². The smallest absolute Gasteiger partial charge is 0.164 e. The molecule has 0 spiro atoms. The lowest BCUT2D eigenvalue weighted by Crippen LogP contribution is -2.30. The van der Waals surface area contributed by atoms with Crippen molar-refractivity contribution in [1.82, 2.24) is 15.0 Å². The third kappa shape index (κ3) is 6.83. The van der Waals surface area contributed by atoms with Crippen LogP contribution in [0.25, 0.3) is 61.6 Å². The van der Waals surface area contributed by atoms with E-state index in [1.807, 2.05) is 36.4 Å². The monoisotopic (exact) mass is 844 g/mol. The minimum Gasteiger partial charge on any atom is -0.310 e. The molecule has 4 heteroatoms. The van der Waals surface area contributed by atoms with E-state index >= 15 is 0 Å². The van der Waals surface area contributed by atoms with Crippen LogP contribution < -0.4 is 4.90 Å². The van der Waals surface area contributed by atoms with Crippen molar-refractivity contribution in [3.05, 3.63) is 271 Å². The van der Waals surface area contributed by atoms with Crippen LogP contribution in [0.3, 0.4) is 0 Å². The van der Waals surface area contributed by atoms with Gasteiger partial charge in [-0.2, -0.15) is 0 Å². The number of fused-ring (bicyclic) bond motifs is 3. The number of hydrogen-bond acceptors (Lipinski definition) is 4. The van der Waals surface area contributed by atoms with Gasteiger partial charge in [0, 0.05) is 33.8 Å². The van der Waals surface area contributed by atoms with Crippen LogP contribution in [-0.4, -0.2) is 15.0 Å². The molecule has 0 bridgehead atoms. The first-order chi connectivity index (χ1) is 32.7. The molecule has 2 aliphatic carbocycles. The number of nitrogens with zero attached hydrogens (tertiary/aromatic N) is 4. The van der Waals surface area contributed by atoms with Crippen LogP contribution in [-0.2, 0) is 5.41 Å². The van der Waals surface area contributed by atoms with Crippen LogP contribution in [0.4, 0.5) is 17.1 Å². The maximum Gasteiger partial charge on any atom is 0.164 e. The fourth-order valence-corrected chi connectivity index (χ4v) is 10.2. The maximum atomic E-state index is 5.06. The molecular formula is C62H44N4. The average molecular weight is 845 g/mol. The van der Waals surface area contributed by atoms with Crippen molar-refractivity contribution in [2.24, 2.45) is 0 Å². The van der Waals surface area contributed by atoms with E-state index in [-0.39, 0.29) is 0 Å². The molecule has 0 saturated heterocycles. The second-order valence-corrected chi connectivity index (χ2v) is 17.1.